The molecule has 218 valence electrons. The van der Waals surface area contributed by atoms with E-state index in [1.165, 1.54) is 5.56 Å². The van der Waals surface area contributed by atoms with E-state index in [4.69, 9.17) is 14.2 Å². The van der Waals surface area contributed by atoms with Gasteiger partial charge in [-0.2, -0.15) is 0 Å². The fourth-order valence-corrected chi connectivity index (χ4v) is 5.13. The molecule has 0 aromatic heterocycles. The Bertz CT molecular complexity index is 1320. The molecule has 0 radical (unpaired) electrons. The number of nitrogens with zero attached hydrogens (tertiary/aromatic N) is 2. The Morgan fingerprint density at radius 1 is 1.00 bits per heavy atom. The number of amides is 2. The van der Waals surface area contributed by atoms with E-state index in [1.54, 1.807) is 68.6 Å². The zero-order chi connectivity index (χ0) is 29.4. The summed E-state index contributed by atoms with van der Waals surface area (Å²) in [6.07, 6.45) is 0.788. The maximum atomic E-state index is 13.7. The van der Waals surface area contributed by atoms with Crippen LogP contribution in [0.25, 0.3) is 0 Å². The number of carbonyl (C=O) groups excluding carboxylic acids is 2. The van der Waals surface area contributed by atoms with Crippen LogP contribution in [0.3, 0.4) is 0 Å². The zero-order valence-electron chi connectivity index (χ0n) is 24.6. The van der Waals surface area contributed by atoms with E-state index in [0.717, 1.165) is 19.5 Å². The first-order valence-corrected chi connectivity index (χ1v) is 14.1. The summed E-state index contributed by atoms with van der Waals surface area (Å²) in [5.74, 6) is 0.768. The fraction of sp³-hybridized carbons (Fsp3) is 0.394. The van der Waals surface area contributed by atoms with Gasteiger partial charge in [-0.15, -0.1) is 0 Å². The van der Waals surface area contributed by atoms with Crippen LogP contribution >= 0.6 is 0 Å². The van der Waals surface area contributed by atoms with Crippen LogP contribution in [0.1, 0.15) is 40.1 Å². The van der Waals surface area contributed by atoms with Crippen LogP contribution in [0.15, 0.2) is 72.8 Å². The van der Waals surface area contributed by atoms with Gasteiger partial charge in [-0.3, -0.25) is 14.5 Å². The molecule has 3 atom stereocenters. The Morgan fingerprint density at radius 3 is 2.51 bits per heavy atom. The van der Waals surface area contributed by atoms with Crippen molar-refractivity contribution in [3.63, 3.8) is 0 Å². The SMILES string of the molecule is COc1cccc(C(=O)Nc2ccc3c(c2)C(=O)N(C)C[C@@H](OC)[C@H](C)CN(CCc2ccccc2)[C@H](C)CO3)c1. The highest BCUT2D eigenvalue weighted by Gasteiger charge is 2.28. The molecule has 3 aromatic carbocycles. The van der Waals surface area contributed by atoms with Crippen LogP contribution in [0.5, 0.6) is 11.5 Å². The van der Waals surface area contributed by atoms with Crippen molar-refractivity contribution in [2.24, 2.45) is 5.92 Å². The number of fused-ring (bicyclic) bond motifs is 1. The molecule has 0 saturated carbocycles. The van der Waals surface area contributed by atoms with Gasteiger partial charge < -0.3 is 24.4 Å². The molecular weight excluding hydrogens is 518 g/mol. The Labute approximate surface area is 243 Å². The molecule has 1 aliphatic heterocycles. The number of anilines is 1. The molecule has 41 heavy (non-hydrogen) atoms. The van der Waals surface area contributed by atoms with Crippen molar-refractivity contribution in [3.8, 4) is 11.5 Å². The second-order valence-corrected chi connectivity index (χ2v) is 10.7. The number of hydrogen-bond acceptors (Lipinski definition) is 6. The minimum atomic E-state index is -0.297. The smallest absolute Gasteiger partial charge is 0.257 e. The standard InChI is InChI=1S/C33H41N3O5/c1-23-20-36(17-16-25-10-7-6-8-11-25)24(2)22-41-30-15-14-27(19-29(30)33(38)35(3)21-31(23)40-5)34-32(37)26-12-9-13-28(18-26)39-4/h6-15,18-19,23-24,31H,16-17,20-22H2,1-5H3,(H,34,37)/t23-,24-,31-/m1/s1. The van der Waals surface area contributed by atoms with Gasteiger partial charge in [-0.25, -0.2) is 0 Å². The summed E-state index contributed by atoms with van der Waals surface area (Å²) in [5, 5.41) is 2.90. The molecule has 8 nitrogen and oxygen atoms in total. The van der Waals surface area contributed by atoms with E-state index >= 15 is 0 Å². The van der Waals surface area contributed by atoms with Crippen molar-refractivity contribution >= 4 is 17.5 Å². The maximum Gasteiger partial charge on any atom is 0.257 e. The molecule has 1 heterocycles. The van der Waals surface area contributed by atoms with Crippen molar-refractivity contribution in [2.45, 2.75) is 32.4 Å². The summed E-state index contributed by atoms with van der Waals surface area (Å²) in [4.78, 5) is 30.7. The summed E-state index contributed by atoms with van der Waals surface area (Å²) in [5.41, 5.74) is 2.64. The summed E-state index contributed by atoms with van der Waals surface area (Å²) in [6, 6.07) is 22.7. The lowest BCUT2D eigenvalue weighted by molar-refractivity contribution is 0.0109. The largest absolute Gasteiger partial charge is 0.497 e. The Kier molecular flexibility index (Phi) is 10.4. The number of hydrogen-bond donors (Lipinski definition) is 1. The van der Waals surface area contributed by atoms with Crippen LogP contribution in [0, 0.1) is 5.92 Å². The fourth-order valence-electron chi connectivity index (χ4n) is 5.13. The van der Waals surface area contributed by atoms with Crippen LogP contribution in [0.2, 0.25) is 0 Å². The first kappa shape index (κ1) is 30.1. The van der Waals surface area contributed by atoms with Crippen molar-refractivity contribution in [1.29, 1.82) is 0 Å². The molecule has 1 aliphatic rings. The van der Waals surface area contributed by atoms with Crippen molar-refractivity contribution in [2.75, 3.05) is 52.8 Å². The normalized spacial score (nSPS) is 20.3. The molecule has 0 saturated heterocycles. The number of likely N-dealkylation sites (N-methyl/N-ethyl adjacent to an activating group) is 1. The average molecular weight is 560 g/mol. The van der Waals surface area contributed by atoms with Crippen molar-refractivity contribution < 1.29 is 23.8 Å². The lowest BCUT2D eigenvalue weighted by atomic mass is 10.0. The summed E-state index contributed by atoms with van der Waals surface area (Å²) in [6.45, 7) is 6.87. The molecule has 0 unspecified atom stereocenters. The lowest BCUT2D eigenvalue weighted by Gasteiger charge is -2.36. The third-order valence-corrected chi connectivity index (χ3v) is 7.69. The molecule has 4 rings (SSSR count). The average Bonchev–Trinajstić information content (AvgIpc) is 3.00. The zero-order valence-corrected chi connectivity index (χ0v) is 24.6. The van der Waals surface area contributed by atoms with E-state index in [9.17, 15) is 9.59 Å². The molecule has 8 heteroatoms. The number of benzene rings is 3. The van der Waals surface area contributed by atoms with Gasteiger partial charge in [0.25, 0.3) is 11.8 Å². The summed E-state index contributed by atoms with van der Waals surface area (Å²) < 4.78 is 17.4. The third kappa shape index (κ3) is 7.86. The monoisotopic (exact) mass is 559 g/mol. The maximum absolute atomic E-state index is 13.7. The number of ether oxygens (including phenoxy) is 3. The van der Waals surface area contributed by atoms with E-state index in [-0.39, 0.29) is 29.9 Å². The summed E-state index contributed by atoms with van der Waals surface area (Å²) in [7, 11) is 5.03. The Morgan fingerprint density at radius 2 is 1.78 bits per heavy atom. The van der Waals surface area contributed by atoms with Crippen LogP contribution in [0.4, 0.5) is 5.69 Å². The predicted molar refractivity (Wildman–Crippen MR) is 161 cm³/mol. The molecule has 3 aromatic rings. The second kappa shape index (κ2) is 14.1. The van der Waals surface area contributed by atoms with Crippen LogP contribution in [-0.2, 0) is 11.2 Å². The lowest BCUT2D eigenvalue weighted by Crippen LogP contribution is -2.47. The van der Waals surface area contributed by atoms with E-state index < -0.39 is 0 Å². The molecule has 0 aliphatic carbocycles. The molecule has 2 amide bonds. The van der Waals surface area contributed by atoms with Gasteiger partial charge in [-0.05, 0) is 61.2 Å². The van der Waals surface area contributed by atoms with Gasteiger partial charge in [-0.1, -0.05) is 43.3 Å². The minimum absolute atomic E-state index is 0.103. The van der Waals surface area contributed by atoms with Gasteiger partial charge >= 0.3 is 0 Å². The van der Waals surface area contributed by atoms with Gasteiger partial charge in [0.15, 0.2) is 0 Å². The number of carbonyl (C=O) groups is 2. The predicted octanol–water partition coefficient (Wildman–Crippen LogP) is 5.00. The quantitative estimate of drug-likeness (QED) is 0.439. The first-order chi connectivity index (χ1) is 19.8. The topological polar surface area (TPSA) is 80.3 Å². The van der Waals surface area contributed by atoms with Crippen LogP contribution < -0.4 is 14.8 Å². The molecule has 0 spiro atoms. The van der Waals surface area contributed by atoms with E-state index in [0.29, 0.717) is 41.5 Å². The number of rotatable bonds is 7. The highest BCUT2D eigenvalue weighted by Crippen LogP contribution is 2.27. The molecule has 0 bridgehead atoms. The molecule has 1 N–H and O–H groups in total. The molecule has 0 fully saturated rings. The van der Waals surface area contributed by atoms with Gasteiger partial charge in [0, 0.05) is 51.1 Å². The Hall–Kier alpha value is -3.88. The highest BCUT2D eigenvalue weighted by atomic mass is 16.5. The van der Waals surface area contributed by atoms with E-state index in [2.05, 4.69) is 48.3 Å². The second-order valence-electron chi connectivity index (χ2n) is 10.7. The van der Waals surface area contributed by atoms with Crippen molar-refractivity contribution in [3.05, 3.63) is 89.5 Å². The molecular formula is C33H41N3O5. The number of methoxy groups -OCH3 is 2. The number of nitrogens with one attached hydrogen (secondary N) is 1. The van der Waals surface area contributed by atoms with Gasteiger partial charge in [0.2, 0.25) is 0 Å². The summed E-state index contributed by atoms with van der Waals surface area (Å²) >= 11 is 0. The van der Waals surface area contributed by atoms with Crippen LogP contribution in [-0.4, -0.2) is 81.3 Å². The van der Waals surface area contributed by atoms with E-state index in [1.807, 2.05) is 6.07 Å². The third-order valence-electron chi connectivity index (χ3n) is 7.69. The van der Waals surface area contributed by atoms with Gasteiger partial charge in [0.05, 0.1) is 18.8 Å². The minimum Gasteiger partial charge on any atom is -0.497 e. The first-order valence-electron chi connectivity index (χ1n) is 14.1. The Balaban J connectivity index is 1.58. The van der Waals surface area contributed by atoms with Crippen molar-refractivity contribution in [1.82, 2.24) is 9.80 Å². The highest BCUT2D eigenvalue weighted by molar-refractivity contribution is 6.05. The van der Waals surface area contributed by atoms with Gasteiger partial charge in [0.1, 0.15) is 18.1 Å².